The molecular formula is C17H28N4O9S. The summed E-state index contributed by atoms with van der Waals surface area (Å²) in [5, 5.41) is 33.8. The molecule has 0 bridgehead atoms. The Kier molecular flexibility index (Phi) is 14.4. The lowest BCUT2D eigenvalue weighted by Gasteiger charge is -2.18. The number of hydrogen-bond donors (Lipinski definition) is 6. The zero-order valence-electron chi connectivity index (χ0n) is 17.0. The van der Waals surface area contributed by atoms with Gasteiger partial charge in [-0.3, -0.25) is 19.2 Å². The molecule has 0 aromatic heterocycles. The van der Waals surface area contributed by atoms with Crippen LogP contribution in [0, 0.1) is 0 Å². The zero-order chi connectivity index (χ0) is 23.8. The molecule has 0 rings (SSSR count). The first-order valence-electron chi connectivity index (χ1n) is 9.35. The molecule has 0 aliphatic carbocycles. The van der Waals surface area contributed by atoms with Gasteiger partial charge in [0.2, 0.25) is 11.8 Å². The van der Waals surface area contributed by atoms with Crippen molar-refractivity contribution >= 4 is 47.2 Å². The molecule has 176 valence electrons. The highest BCUT2D eigenvalue weighted by Crippen LogP contribution is 2.07. The fourth-order valence-electron chi connectivity index (χ4n) is 1.94. The smallest absolute Gasteiger partial charge is 0.356 e. The maximum Gasteiger partial charge on any atom is 0.356 e. The number of hydrogen-bond acceptors (Lipinski definition) is 10. The first-order chi connectivity index (χ1) is 14.6. The normalized spacial score (nSPS) is 13.0. The third-order valence-corrected chi connectivity index (χ3v) is 4.72. The molecule has 0 aliphatic rings. The fraction of sp³-hybridized carbons (Fsp3) is 0.647. The van der Waals surface area contributed by atoms with E-state index in [1.54, 1.807) is 0 Å². The van der Waals surface area contributed by atoms with Gasteiger partial charge in [-0.25, -0.2) is 4.79 Å². The van der Waals surface area contributed by atoms with E-state index in [2.05, 4.69) is 15.8 Å². The highest BCUT2D eigenvalue weighted by atomic mass is 32.2. The third-order valence-electron chi connectivity index (χ3n) is 3.68. The number of carbonyl (C=O) groups excluding carboxylic acids is 3. The third kappa shape index (κ3) is 13.1. The van der Waals surface area contributed by atoms with Crippen molar-refractivity contribution in [2.24, 2.45) is 10.9 Å². The summed E-state index contributed by atoms with van der Waals surface area (Å²) < 4.78 is 4.93. The van der Waals surface area contributed by atoms with Crippen molar-refractivity contribution in [3.63, 3.8) is 0 Å². The molecule has 0 spiro atoms. The van der Waals surface area contributed by atoms with Crippen molar-refractivity contribution < 1.29 is 44.1 Å². The van der Waals surface area contributed by atoms with Crippen molar-refractivity contribution in [1.29, 1.82) is 0 Å². The van der Waals surface area contributed by atoms with Crippen LogP contribution >= 0.6 is 11.8 Å². The Morgan fingerprint density at radius 1 is 1.19 bits per heavy atom. The highest BCUT2D eigenvalue weighted by Gasteiger charge is 2.23. The van der Waals surface area contributed by atoms with Crippen molar-refractivity contribution in [3.05, 3.63) is 0 Å². The summed E-state index contributed by atoms with van der Waals surface area (Å²) in [7, 11) is 0. The molecule has 0 fully saturated rings. The lowest BCUT2D eigenvalue weighted by molar-refractivity contribution is -0.139. The van der Waals surface area contributed by atoms with Crippen LogP contribution in [0.4, 0.5) is 0 Å². The minimum atomic E-state index is -1.29. The number of amides is 2. The van der Waals surface area contributed by atoms with Crippen LogP contribution in [0.5, 0.6) is 0 Å². The maximum atomic E-state index is 12.2. The highest BCUT2D eigenvalue weighted by molar-refractivity contribution is 8.00. The average Bonchev–Trinajstić information content (AvgIpc) is 2.72. The van der Waals surface area contributed by atoms with Crippen molar-refractivity contribution in [2.75, 3.05) is 24.7 Å². The predicted molar refractivity (Wildman–Crippen MR) is 110 cm³/mol. The van der Waals surface area contributed by atoms with E-state index in [1.807, 2.05) is 6.92 Å². The number of unbranched alkanes of at least 4 members (excludes halogenated alkanes) is 1. The molecule has 0 aromatic carbocycles. The van der Waals surface area contributed by atoms with Gasteiger partial charge in [0.1, 0.15) is 18.6 Å². The number of nitrogens with one attached hydrogen (secondary N) is 2. The summed E-state index contributed by atoms with van der Waals surface area (Å²) in [5.41, 5.74) is 5.04. The second-order valence-corrected chi connectivity index (χ2v) is 7.30. The summed E-state index contributed by atoms with van der Waals surface area (Å²) >= 11 is 0.962. The number of nitrogens with zero attached hydrogens (tertiary/aromatic N) is 1. The molecule has 0 saturated carbocycles. The van der Waals surface area contributed by atoms with E-state index in [0.717, 1.165) is 18.2 Å². The quantitative estimate of drug-likeness (QED) is 0.0522. The second-order valence-electron chi connectivity index (χ2n) is 6.27. The van der Waals surface area contributed by atoms with E-state index in [-0.39, 0.29) is 36.7 Å². The summed E-state index contributed by atoms with van der Waals surface area (Å²) in [6.07, 6.45) is 1.01. The van der Waals surface area contributed by atoms with Crippen LogP contribution in [0.25, 0.3) is 0 Å². The molecule has 0 saturated heterocycles. The van der Waals surface area contributed by atoms with Crippen molar-refractivity contribution in [1.82, 2.24) is 10.6 Å². The summed E-state index contributed by atoms with van der Waals surface area (Å²) in [6.45, 7) is 1.39. The van der Waals surface area contributed by atoms with Gasteiger partial charge < -0.3 is 36.5 Å². The largest absolute Gasteiger partial charge is 0.480 e. The number of ether oxygens (including phenoxy) is 1. The van der Waals surface area contributed by atoms with Crippen molar-refractivity contribution in [2.45, 2.75) is 44.7 Å². The first-order valence-corrected chi connectivity index (χ1v) is 10.5. The van der Waals surface area contributed by atoms with Gasteiger partial charge in [0, 0.05) is 17.9 Å². The molecular weight excluding hydrogens is 436 g/mol. The Hall–Kier alpha value is -2.87. The summed E-state index contributed by atoms with van der Waals surface area (Å²) in [6, 6.07) is -2.43. The Morgan fingerprint density at radius 3 is 2.42 bits per heavy atom. The first kappa shape index (κ1) is 28.1. The van der Waals surface area contributed by atoms with Crippen LogP contribution in [0.15, 0.2) is 5.16 Å². The molecule has 7 N–H and O–H groups in total. The van der Waals surface area contributed by atoms with Gasteiger partial charge in [0.05, 0.1) is 6.61 Å². The zero-order valence-corrected chi connectivity index (χ0v) is 17.9. The molecule has 2 unspecified atom stereocenters. The number of carbonyl (C=O) groups is 5. The standard InChI is InChI=1S/C17H28N4O9S/c1-2-3-6-30-17(28)12(21-29)9-31-8-11(15(25)19-7-14(23)24)20-13(22)5-4-10(18)16(26)27/h10-11,29H,2-9,18H2,1H3,(H,19,25)(H,20,22)(H,23,24)(H,26,27)/b21-12-. The second kappa shape index (κ2) is 15.9. The van der Waals surface area contributed by atoms with Gasteiger partial charge in [0.15, 0.2) is 5.71 Å². The van der Waals surface area contributed by atoms with E-state index in [9.17, 15) is 24.0 Å². The van der Waals surface area contributed by atoms with Crippen molar-refractivity contribution in [3.8, 4) is 0 Å². The van der Waals surface area contributed by atoms with Crippen LogP contribution in [-0.4, -0.2) is 87.6 Å². The number of carboxylic acid groups (broad SMARTS) is 2. The number of carboxylic acids is 2. The number of aliphatic carboxylic acids is 2. The minimum Gasteiger partial charge on any atom is -0.480 e. The Bertz CT molecular complexity index is 672. The fourth-order valence-corrected chi connectivity index (χ4v) is 2.90. The molecule has 0 radical (unpaired) electrons. The maximum absolute atomic E-state index is 12.2. The average molecular weight is 464 g/mol. The van der Waals surface area contributed by atoms with Gasteiger partial charge >= 0.3 is 17.9 Å². The number of rotatable bonds is 16. The lowest BCUT2D eigenvalue weighted by atomic mass is 10.1. The number of thioether (sulfide) groups is 1. The van der Waals surface area contributed by atoms with E-state index in [4.69, 9.17) is 25.9 Å². The van der Waals surface area contributed by atoms with Crippen LogP contribution in [0.3, 0.4) is 0 Å². The molecule has 0 aromatic rings. The Labute approximate surface area is 182 Å². The number of nitrogens with two attached hydrogens (primary N) is 1. The van der Waals surface area contributed by atoms with Gasteiger partial charge in [-0.1, -0.05) is 18.5 Å². The van der Waals surface area contributed by atoms with E-state index < -0.39 is 48.4 Å². The van der Waals surface area contributed by atoms with E-state index in [1.165, 1.54) is 0 Å². The predicted octanol–water partition coefficient (Wildman–Crippen LogP) is -1.23. The molecule has 0 heterocycles. The molecule has 2 atom stereocenters. The van der Waals surface area contributed by atoms with Gasteiger partial charge in [-0.15, -0.1) is 0 Å². The number of oxime groups is 1. The van der Waals surface area contributed by atoms with Gasteiger partial charge in [-0.2, -0.15) is 11.8 Å². The minimum absolute atomic E-state index is 0.0938. The van der Waals surface area contributed by atoms with Crippen LogP contribution in [-0.2, 0) is 28.7 Å². The van der Waals surface area contributed by atoms with Crippen LogP contribution in [0.2, 0.25) is 0 Å². The monoisotopic (exact) mass is 464 g/mol. The Morgan fingerprint density at radius 2 is 1.87 bits per heavy atom. The molecule has 2 amide bonds. The molecule has 13 nitrogen and oxygen atoms in total. The SMILES string of the molecule is CCCCOC(=O)/C(CSCC(NC(=O)CCC(N)C(=O)O)C(=O)NCC(=O)O)=N\O. The van der Waals surface area contributed by atoms with E-state index >= 15 is 0 Å². The Balaban J connectivity index is 4.84. The summed E-state index contributed by atoms with van der Waals surface area (Å²) in [5.74, 6) is -5.07. The molecule has 0 aliphatic heterocycles. The topological polar surface area (TPSA) is 218 Å². The van der Waals surface area contributed by atoms with Crippen LogP contribution in [0.1, 0.15) is 32.6 Å². The van der Waals surface area contributed by atoms with Crippen LogP contribution < -0.4 is 16.4 Å². The van der Waals surface area contributed by atoms with E-state index in [0.29, 0.717) is 6.42 Å². The lowest BCUT2D eigenvalue weighted by Crippen LogP contribution is -2.49. The van der Waals surface area contributed by atoms with Gasteiger partial charge in [0.25, 0.3) is 0 Å². The molecule has 14 heteroatoms. The summed E-state index contributed by atoms with van der Waals surface area (Å²) in [4.78, 5) is 57.4. The van der Waals surface area contributed by atoms with Gasteiger partial charge in [-0.05, 0) is 12.8 Å². The molecule has 31 heavy (non-hydrogen) atoms. The number of esters is 1.